The van der Waals surface area contributed by atoms with Gasteiger partial charge < -0.3 is 14.8 Å². The zero-order chi connectivity index (χ0) is 19.0. The minimum Gasteiger partial charge on any atom is -0.633 e. The summed E-state index contributed by atoms with van der Waals surface area (Å²) in [5, 5.41) is 21.6. The van der Waals surface area contributed by atoms with E-state index in [1.807, 2.05) is 31.2 Å². The summed E-state index contributed by atoms with van der Waals surface area (Å²) >= 11 is 0. The van der Waals surface area contributed by atoms with Crippen LogP contribution in [0.1, 0.15) is 22.3 Å². The van der Waals surface area contributed by atoms with E-state index in [9.17, 15) is 10.5 Å². The van der Waals surface area contributed by atoms with Crippen molar-refractivity contribution in [3.05, 3.63) is 76.0 Å². The number of aliphatic imine (C=N–C) groups is 1. The van der Waals surface area contributed by atoms with Crippen LogP contribution in [-0.4, -0.2) is 48.6 Å². The fourth-order valence-corrected chi connectivity index (χ4v) is 3.76. The molecule has 0 amide bonds. The summed E-state index contributed by atoms with van der Waals surface area (Å²) in [5.74, 6) is 0.887. The minimum atomic E-state index is -0.208. The SMILES string of the molecule is Cc1ccc2c(c1)N=C(N1CC[N+](C)([O-])CC1)c1ccccc1/C2=C/C#N. The van der Waals surface area contributed by atoms with E-state index in [0.29, 0.717) is 26.2 Å². The molecule has 2 aliphatic heterocycles. The average molecular weight is 358 g/mol. The van der Waals surface area contributed by atoms with E-state index in [4.69, 9.17) is 4.99 Å². The zero-order valence-electron chi connectivity index (χ0n) is 15.6. The first-order valence-electron chi connectivity index (χ1n) is 9.18. The van der Waals surface area contributed by atoms with Crippen LogP contribution in [0.2, 0.25) is 0 Å². The first-order chi connectivity index (χ1) is 13.0. The number of hydrogen-bond acceptors (Lipinski definition) is 4. The number of hydrogen-bond donors (Lipinski definition) is 0. The summed E-state index contributed by atoms with van der Waals surface area (Å²) in [6.07, 6.45) is 1.60. The normalized spacial score (nSPS) is 19.6. The van der Waals surface area contributed by atoms with E-state index in [-0.39, 0.29) is 4.65 Å². The number of benzene rings is 2. The quantitative estimate of drug-likeness (QED) is 0.411. The Labute approximate surface area is 159 Å². The third kappa shape index (κ3) is 3.25. The molecule has 1 saturated heterocycles. The van der Waals surface area contributed by atoms with Gasteiger partial charge in [0.1, 0.15) is 5.84 Å². The maximum atomic E-state index is 12.3. The molecule has 2 aromatic carbocycles. The Morgan fingerprint density at radius 1 is 1.11 bits per heavy atom. The van der Waals surface area contributed by atoms with E-state index in [1.54, 1.807) is 13.1 Å². The third-order valence-corrected chi connectivity index (χ3v) is 5.32. The van der Waals surface area contributed by atoms with Crippen LogP contribution in [0.3, 0.4) is 0 Å². The Kier molecular flexibility index (Phi) is 4.31. The Hall–Kier alpha value is -2.94. The maximum absolute atomic E-state index is 12.3. The number of piperazine rings is 1. The Balaban J connectivity index is 1.91. The first-order valence-corrected chi connectivity index (χ1v) is 9.18. The predicted octanol–water partition coefficient (Wildman–Crippen LogP) is 3.60. The van der Waals surface area contributed by atoms with Gasteiger partial charge in [0.15, 0.2) is 0 Å². The van der Waals surface area contributed by atoms with Crippen molar-refractivity contribution in [1.29, 1.82) is 5.26 Å². The first kappa shape index (κ1) is 17.5. The molecule has 2 aliphatic rings. The van der Waals surface area contributed by atoms with Crippen molar-refractivity contribution >= 4 is 17.1 Å². The van der Waals surface area contributed by atoms with Gasteiger partial charge in [-0.15, -0.1) is 0 Å². The molecule has 0 saturated carbocycles. The summed E-state index contributed by atoms with van der Waals surface area (Å²) in [4.78, 5) is 7.24. The topological polar surface area (TPSA) is 62.4 Å². The summed E-state index contributed by atoms with van der Waals surface area (Å²) < 4.78 is -0.208. The smallest absolute Gasteiger partial charge is 0.137 e. The number of aryl methyl sites for hydroxylation is 1. The minimum absolute atomic E-state index is 0.208. The van der Waals surface area contributed by atoms with E-state index < -0.39 is 0 Å². The molecule has 5 heteroatoms. The lowest BCUT2D eigenvalue weighted by molar-refractivity contribution is -0.864. The standard InChI is InChI=1S/C22H22N4O/c1-16-7-8-19-18(9-10-23)17-5-3-4-6-20(17)22(24-21(19)15-16)25-11-13-26(2,27)14-12-25/h3-9,15H,11-14H2,1-2H3/b18-9-. The van der Waals surface area contributed by atoms with E-state index in [1.165, 1.54) is 0 Å². The summed E-state index contributed by atoms with van der Waals surface area (Å²) in [6.45, 7) is 4.48. The molecule has 1 fully saturated rings. The number of allylic oxidation sites excluding steroid dienone is 1. The van der Waals surface area contributed by atoms with Crippen LogP contribution in [0.25, 0.3) is 5.57 Å². The second kappa shape index (κ2) is 6.66. The fourth-order valence-electron chi connectivity index (χ4n) is 3.76. The van der Waals surface area contributed by atoms with Crippen LogP contribution in [0.5, 0.6) is 0 Å². The number of nitriles is 1. The molecule has 27 heavy (non-hydrogen) atoms. The van der Waals surface area contributed by atoms with Gasteiger partial charge in [0.2, 0.25) is 0 Å². The van der Waals surface area contributed by atoms with Gasteiger partial charge in [0.25, 0.3) is 0 Å². The average Bonchev–Trinajstić information content (AvgIpc) is 2.77. The van der Waals surface area contributed by atoms with Crippen molar-refractivity contribution in [1.82, 2.24) is 4.90 Å². The highest BCUT2D eigenvalue weighted by molar-refractivity contribution is 6.08. The van der Waals surface area contributed by atoms with Gasteiger partial charge in [-0.05, 0) is 24.1 Å². The Bertz CT molecular complexity index is 988. The molecule has 0 atom stereocenters. The van der Waals surface area contributed by atoms with E-state index in [2.05, 4.69) is 29.2 Å². The molecule has 0 unspecified atom stereocenters. The van der Waals surface area contributed by atoms with Crippen molar-refractivity contribution in [2.75, 3.05) is 33.2 Å². The highest BCUT2D eigenvalue weighted by Gasteiger charge is 2.28. The van der Waals surface area contributed by atoms with Crippen LogP contribution in [0, 0.1) is 23.5 Å². The number of hydroxylamine groups is 3. The maximum Gasteiger partial charge on any atom is 0.137 e. The predicted molar refractivity (Wildman–Crippen MR) is 107 cm³/mol. The lowest BCUT2D eigenvalue weighted by Crippen LogP contribution is -2.55. The molecule has 0 aromatic heterocycles. The highest BCUT2D eigenvalue weighted by Crippen LogP contribution is 2.38. The van der Waals surface area contributed by atoms with Crippen LogP contribution < -0.4 is 0 Å². The second-order valence-electron chi connectivity index (χ2n) is 7.42. The molecule has 2 heterocycles. The van der Waals surface area contributed by atoms with Gasteiger partial charge in [-0.2, -0.15) is 5.26 Å². The van der Waals surface area contributed by atoms with Crippen molar-refractivity contribution < 1.29 is 4.65 Å². The lowest BCUT2D eigenvalue weighted by Gasteiger charge is -2.46. The summed E-state index contributed by atoms with van der Waals surface area (Å²) in [7, 11) is 1.73. The van der Waals surface area contributed by atoms with Crippen LogP contribution >= 0.6 is 0 Å². The largest absolute Gasteiger partial charge is 0.633 e. The number of quaternary nitrogens is 1. The zero-order valence-corrected chi connectivity index (χ0v) is 15.6. The Morgan fingerprint density at radius 3 is 2.52 bits per heavy atom. The molecule has 136 valence electrons. The van der Waals surface area contributed by atoms with Crippen LogP contribution in [0.15, 0.2) is 53.5 Å². The van der Waals surface area contributed by atoms with E-state index >= 15 is 0 Å². The second-order valence-corrected chi connectivity index (χ2v) is 7.42. The van der Waals surface area contributed by atoms with Gasteiger partial charge in [-0.3, -0.25) is 0 Å². The lowest BCUT2D eigenvalue weighted by atomic mass is 9.92. The molecule has 2 aromatic rings. The summed E-state index contributed by atoms with van der Waals surface area (Å²) in [5.41, 5.74) is 5.86. The molecule has 0 bridgehead atoms. The van der Waals surface area contributed by atoms with Crippen molar-refractivity contribution in [3.63, 3.8) is 0 Å². The summed E-state index contributed by atoms with van der Waals surface area (Å²) in [6, 6.07) is 16.4. The molecule has 0 aliphatic carbocycles. The Morgan fingerprint density at radius 2 is 1.81 bits per heavy atom. The molecule has 4 rings (SSSR count). The number of nitrogens with zero attached hydrogens (tertiary/aromatic N) is 4. The van der Waals surface area contributed by atoms with Crippen molar-refractivity contribution in [2.24, 2.45) is 4.99 Å². The molecule has 0 spiro atoms. The van der Waals surface area contributed by atoms with E-state index in [0.717, 1.165) is 39.3 Å². The van der Waals surface area contributed by atoms with Crippen LogP contribution in [0.4, 0.5) is 5.69 Å². The molecular weight excluding hydrogens is 336 g/mol. The number of rotatable bonds is 0. The number of fused-ring (bicyclic) bond motifs is 2. The molecule has 0 radical (unpaired) electrons. The van der Waals surface area contributed by atoms with Crippen molar-refractivity contribution in [2.45, 2.75) is 6.92 Å². The van der Waals surface area contributed by atoms with Gasteiger partial charge in [-0.25, -0.2) is 4.99 Å². The van der Waals surface area contributed by atoms with Gasteiger partial charge >= 0.3 is 0 Å². The molecular formula is C22H22N4O. The van der Waals surface area contributed by atoms with Crippen molar-refractivity contribution in [3.8, 4) is 6.07 Å². The monoisotopic (exact) mass is 358 g/mol. The molecule has 5 nitrogen and oxygen atoms in total. The molecule has 0 N–H and O–H groups in total. The van der Waals surface area contributed by atoms with Gasteiger partial charge in [-0.1, -0.05) is 36.4 Å². The third-order valence-electron chi connectivity index (χ3n) is 5.32. The highest BCUT2D eigenvalue weighted by atomic mass is 16.5. The number of amidine groups is 1. The fraction of sp³-hybridized carbons (Fsp3) is 0.273. The van der Waals surface area contributed by atoms with Crippen LogP contribution in [-0.2, 0) is 0 Å². The van der Waals surface area contributed by atoms with Gasteiger partial charge in [0, 0.05) is 22.8 Å². The number of likely N-dealkylation sites (N-methyl/N-ethyl adjacent to an activating group) is 1. The van der Waals surface area contributed by atoms with Gasteiger partial charge in [0.05, 0.1) is 45.0 Å².